The van der Waals surface area contributed by atoms with E-state index in [0.29, 0.717) is 5.56 Å². The summed E-state index contributed by atoms with van der Waals surface area (Å²) < 4.78 is 1.89. The lowest BCUT2D eigenvalue weighted by molar-refractivity contribution is -0.121. The summed E-state index contributed by atoms with van der Waals surface area (Å²) in [5.41, 5.74) is 7.51. The zero-order chi connectivity index (χ0) is 20.9. The van der Waals surface area contributed by atoms with Crippen LogP contribution in [0.4, 0.5) is 0 Å². The number of rotatable bonds is 5. The highest BCUT2D eigenvalue weighted by molar-refractivity contribution is 8.00. The SMILES string of the molecule is Cn1cc(C(=O)NNC(=O)C(Sc2ccccc2)c2ccccc2)c2ccccc21. The summed E-state index contributed by atoms with van der Waals surface area (Å²) in [5, 5.41) is 0.339. The van der Waals surface area contributed by atoms with Gasteiger partial charge in [0.15, 0.2) is 0 Å². The Morgan fingerprint density at radius 1 is 0.833 bits per heavy atom. The van der Waals surface area contributed by atoms with Gasteiger partial charge in [-0.15, -0.1) is 11.8 Å². The first-order valence-corrected chi connectivity index (χ1v) is 10.4. The van der Waals surface area contributed by atoms with Gasteiger partial charge in [-0.2, -0.15) is 0 Å². The fraction of sp³-hybridized carbons (Fsp3) is 0.0833. The number of aryl methyl sites for hydroxylation is 1. The van der Waals surface area contributed by atoms with Gasteiger partial charge in [-0.3, -0.25) is 20.4 Å². The quantitative estimate of drug-likeness (QED) is 0.373. The normalized spacial score (nSPS) is 11.8. The molecular formula is C24H21N3O2S. The second-order valence-electron chi connectivity index (χ2n) is 6.84. The molecule has 0 radical (unpaired) electrons. The van der Waals surface area contributed by atoms with Crippen molar-refractivity contribution in [2.75, 3.05) is 0 Å². The topological polar surface area (TPSA) is 63.1 Å². The van der Waals surface area contributed by atoms with Crippen LogP contribution < -0.4 is 10.9 Å². The van der Waals surface area contributed by atoms with Crippen molar-refractivity contribution in [3.63, 3.8) is 0 Å². The molecule has 1 aromatic heterocycles. The highest BCUT2D eigenvalue weighted by Crippen LogP contribution is 2.35. The number of aromatic nitrogens is 1. The number of nitrogens with zero attached hydrogens (tertiary/aromatic N) is 1. The van der Waals surface area contributed by atoms with Gasteiger partial charge in [0.1, 0.15) is 5.25 Å². The van der Waals surface area contributed by atoms with E-state index < -0.39 is 5.25 Å². The molecule has 1 unspecified atom stereocenters. The van der Waals surface area contributed by atoms with Crippen LogP contribution in [-0.4, -0.2) is 16.4 Å². The molecule has 2 amide bonds. The average molecular weight is 416 g/mol. The molecule has 2 N–H and O–H groups in total. The Morgan fingerprint density at radius 2 is 1.47 bits per heavy atom. The summed E-state index contributed by atoms with van der Waals surface area (Å²) in [7, 11) is 1.89. The van der Waals surface area contributed by atoms with Gasteiger partial charge in [-0.05, 0) is 23.8 Å². The minimum absolute atomic E-state index is 0.288. The van der Waals surface area contributed by atoms with E-state index in [4.69, 9.17) is 0 Å². The second kappa shape index (κ2) is 8.88. The minimum atomic E-state index is -0.499. The number of carbonyl (C=O) groups is 2. The first-order valence-electron chi connectivity index (χ1n) is 9.54. The van der Waals surface area contributed by atoms with E-state index in [1.54, 1.807) is 6.20 Å². The maximum Gasteiger partial charge on any atom is 0.271 e. The molecule has 0 aliphatic rings. The van der Waals surface area contributed by atoms with Gasteiger partial charge in [0, 0.05) is 29.0 Å². The first-order chi connectivity index (χ1) is 14.6. The van der Waals surface area contributed by atoms with Crippen LogP contribution in [0.15, 0.2) is 96.0 Å². The zero-order valence-electron chi connectivity index (χ0n) is 16.4. The van der Waals surface area contributed by atoms with Crippen LogP contribution in [0.25, 0.3) is 10.9 Å². The van der Waals surface area contributed by atoms with Crippen molar-refractivity contribution < 1.29 is 9.59 Å². The number of benzene rings is 3. The Morgan fingerprint density at radius 3 is 2.20 bits per heavy atom. The summed E-state index contributed by atoms with van der Waals surface area (Å²) in [5.74, 6) is -0.639. The molecule has 150 valence electrons. The van der Waals surface area contributed by atoms with Gasteiger partial charge in [-0.25, -0.2) is 0 Å². The lowest BCUT2D eigenvalue weighted by Crippen LogP contribution is -2.43. The van der Waals surface area contributed by atoms with Crippen LogP contribution in [0.2, 0.25) is 0 Å². The fourth-order valence-electron chi connectivity index (χ4n) is 3.31. The summed E-state index contributed by atoms with van der Waals surface area (Å²) in [6.45, 7) is 0. The molecule has 4 aromatic rings. The molecular weight excluding hydrogens is 394 g/mol. The van der Waals surface area contributed by atoms with E-state index >= 15 is 0 Å². The smallest absolute Gasteiger partial charge is 0.271 e. The van der Waals surface area contributed by atoms with Gasteiger partial charge < -0.3 is 4.57 Å². The number of nitrogens with one attached hydrogen (secondary N) is 2. The molecule has 5 nitrogen and oxygen atoms in total. The third kappa shape index (κ3) is 4.23. The van der Waals surface area contributed by atoms with Crippen molar-refractivity contribution in [2.45, 2.75) is 10.1 Å². The molecule has 6 heteroatoms. The molecule has 0 fully saturated rings. The Labute approximate surface area is 179 Å². The third-order valence-corrected chi connectivity index (χ3v) is 6.04. The molecule has 1 heterocycles. The maximum atomic E-state index is 13.0. The first kappa shape index (κ1) is 19.8. The number of fused-ring (bicyclic) bond motifs is 1. The largest absolute Gasteiger partial charge is 0.350 e. The molecule has 4 rings (SSSR count). The van der Waals surface area contributed by atoms with E-state index in [-0.39, 0.29) is 11.8 Å². The lowest BCUT2D eigenvalue weighted by Gasteiger charge is -2.17. The van der Waals surface area contributed by atoms with Gasteiger partial charge in [-0.1, -0.05) is 66.7 Å². The van der Waals surface area contributed by atoms with Crippen LogP contribution in [0.5, 0.6) is 0 Å². The lowest BCUT2D eigenvalue weighted by atomic mass is 10.1. The molecule has 3 aromatic carbocycles. The van der Waals surface area contributed by atoms with Gasteiger partial charge in [0.05, 0.1) is 5.56 Å². The van der Waals surface area contributed by atoms with E-state index in [2.05, 4.69) is 10.9 Å². The van der Waals surface area contributed by atoms with Crippen LogP contribution in [-0.2, 0) is 11.8 Å². The van der Waals surface area contributed by atoms with Crippen molar-refractivity contribution in [3.05, 3.63) is 102 Å². The van der Waals surface area contributed by atoms with Crippen molar-refractivity contribution in [1.82, 2.24) is 15.4 Å². The highest BCUT2D eigenvalue weighted by Gasteiger charge is 2.23. The monoisotopic (exact) mass is 415 g/mol. The number of hydrogen-bond donors (Lipinski definition) is 2. The summed E-state index contributed by atoms with van der Waals surface area (Å²) >= 11 is 1.44. The van der Waals surface area contributed by atoms with Gasteiger partial charge >= 0.3 is 0 Å². The van der Waals surface area contributed by atoms with E-state index in [1.165, 1.54) is 11.8 Å². The predicted molar refractivity (Wildman–Crippen MR) is 120 cm³/mol. The molecule has 0 bridgehead atoms. The van der Waals surface area contributed by atoms with E-state index in [9.17, 15) is 9.59 Å². The van der Waals surface area contributed by atoms with Gasteiger partial charge in [0.25, 0.3) is 11.8 Å². The molecule has 30 heavy (non-hydrogen) atoms. The van der Waals surface area contributed by atoms with Crippen LogP contribution >= 0.6 is 11.8 Å². The van der Waals surface area contributed by atoms with Crippen LogP contribution in [0, 0.1) is 0 Å². The fourth-order valence-corrected chi connectivity index (χ4v) is 4.36. The standard InChI is InChI=1S/C24H21N3O2S/c1-27-16-20(19-14-8-9-15-21(19)27)23(28)25-26-24(29)22(17-10-4-2-5-11-17)30-18-12-6-3-7-13-18/h2-16,22H,1H3,(H,25,28)(H,26,29). The summed E-state index contributed by atoms with van der Waals surface area (Å²) in [4.78, 5) is 26.7. The number of thioether (sulfide) groups is 1. The minimum Gasteiger partial charge on any atom is -0.350 e. The second-order valence-corrected chi connectivity index (χ2v) is 8.01. The molecule has 0 saturated carbocycles. The average Bonchev–Trinajstić information content (AvgIpc) is 3.14. The number of hydrazine groups is 1. The Kier molecular flexibility index (Phi) is 5.86. The van der Waals surface area contributed by atoms with Crippen LogP contribution in [0.1, 0.15) is 21.2 Å². The van der Waals surface area contributed by atoms with Gasteiger partial charge in [0.2, 0.25) is 0 Å². The highest BCUT2D eigenvalue weighted by atomic mass is 32.2. The van der Waals surface area contributed by atoms with E-state index in [0.717, 1.165) is 21.4 Å². The Bertz CT molecular complexity index is 1170. The van der Waals surface area contributed by atoms with Crippen molar-refractivity contribution in [3.8, 4) is 0 Å². The van der Waals surface area contributed by atoms with E-state index in [1.807, 2.05) is 96.5 Å². The molecule has 1 atom stereocenters. The third-order valence-electron chi connectivity index (χ3n) is 4.78. The summed E-state index contributed by atoms with van der Waals surface area (Å²) in [6, 6.07) is 26.9. The molecule has 0 aliphatic heterocycles. The summed E-state index contributed by atoms with van der Waals surface area (Å²) in [6.07, 6.45) is 1.76. The zero-order valence-corrected chi connectivity index (χ0v) is 17.2. The maximum absolute atomic E-state index is 13.0. The molecule has 0 saturated heterocycles. The molecule has 0 aliphatic carbocycles. The Hall–Kier alpha value is -3.51. The number of para-hydroxylation sites is 1. The predicted octanol–water partition coefficient (Wildman–Crippen LogP) is 4.47. The Balaban J connectivity index is 1.51. The number of amides is 2. The van der Waals surface area contributed by atoms with Crippen LogP contribution in [0.3, 0.4) is 0 Å². The van der Waals surface area contributed by atoms with Crippen molar-refractivity contribution >= 4 is 34.5 Å². The van der Waals surface area contributed by atoms with Crippen molar-refractivity contribution in [2.24, 2.45) is 7.05 Å². The number of hydrogen-bond acceptors (Lipinski definition) is 3. The number of carbonyl (C=O) groups excluding carboxylic acids is 2. The van der Waals surface area contributed by atoms with Crippen molar-refractivity contribution in [1.29, 1.82) is 0 Å². The molecule has 0 spiro atoms.